The van der Waals surface area contributed by atoms with Crippen LogP contribution < -0.4 is 10.6 Å². The molecule has 1 aromatic rings. The van der Waals surface area contributed by atoms with Gasteiger partial charge in [-0.25, -0.2) is 0 Å². The number of amides is 1. The van der Waals surface area contributed by atoms with E-state index in [4.69, 9.17) is 0 Å². The summed E-state index contributed by atoms with van der Waals surface area (Å²) in [4.78, 5) is 12.4. The molecule has 4 heteroatoms. The Morgan fingerprint density at radius 2 is 2.20 bits per heavy atom. The number of carbonyl (C=O) groups is 1. The Morgan fingerprint density at radius 1 is 1.35 bits per heavy atom. The van der Waals surface area contributed by atoms with Gasteiger partial charge in [-0.2, -0.15) is 0 Å². The zero-order valence-corrected chi connectivity index (χ0v) is 12.3. The fourth-order valence-electron chi connectivity index (χ4n) is 4.02. The van der Waals surface area contributed by atoms with E-state index in [0.29, 0.717) is 6.04 Å². The number of benzene rings is 1. The Hall–Kier alpha value is -1.06. The van der Waals surface area contributed by atoms with Gasteiger partial charge in [0, 0.05) is 23.9 Å². The van der Waals surface area contributed by atoms with Gasteiger partial charge in [0.15, 0.2) is 0 Å². The molecular weight excluding hydrogens is 272 g/mol. The Bertz CT molecular complexity index is 527. The van der Waals surface area contributed by atoms with E-state index < -0.39 is 0 Å². The molecular formula is C16H21ClN2O. The molecule has 20 heavy (non-hydrogen) atoms. The quantitative estimate of drug-likeness (QED) is 0.873. The van der Waals surface area contributed by atoms with Crippen LogP contribution in [0.2, 0.25) is 0 Å². The predicted octanol–water partition coefficient (Wildman–Crippen LogP) is 1.79. The van der Waals surface area contributed by atoms with Gasteiger partial charge in [-0.3, -0.25) is 4.79 Å². The zero-order valence-electron chi connectivity index (χ0n) is 11.5. The molecule has 0 aromatic heterocycles. The second-order valence-corrected chi connectivity index (χ2v) is 6.27. The van der Waals surface area contributed by atoms with E-state index in [0.717, 1.165) is 38.8 Å². The molecule has 1 aromatic carbocycles. The summed E-state index contributed by atoms with van der Waals surface area (Å²) in [6.07, 6.45) is 4.43. The summed E-state index contributed by atoms with van der Waals surface area (Å²) in [6, 6.07) is 9.02. The van der Waals surface area contributed by atoms with Crippen molar-refractivity contribution in [2.75, 3.05) is 13.1 Å². The summed E-state index contributed by atoms with van der Waals surface area (Å²) in [5.74, 6) is 0.502. The number of fused-ring (bicyclic) bond motifs is 2. The molecule has 2 fully saturated rings. The highest BCUT2D eigenvalue weighted by Crippen LogP contribution is 2.61. The van der Waals surface area contributed by atoms with Gasteiger partial charge in [-0.05, 0) is 43.4 Å². The van der Waals surface area contributed by atoms with Crippen LogP contribution in [0.5, 0.6) is 0 Å². The Kier molecular flexibility index (Phi) is 3.51. The van der Waals surface area contributed by atoms with Gasteiger partial charge in [0.25, 0.3) is 0 Å². The molecule has 3 aliphatic rings. The van der Waals surface area contributed by atoms with Crippen molar-refractivity contribution in [3.05, 3.63) is 35.4 Å². The summed E-state index contributed by atoms with van der Waals surface area (Å²) in [5, 5.41) is 6.52. The van der Waals surface area contributed by atoms with Crippen molar-refractivity contribution < 1.29 is 4.79 Å². The van der Waals surface area contributed by atoms with Crippen molar-refractivity contribution in [1.82, 2.24) is 10.6 Å². The van der Waals surface area contributed by atoms with Gasteiger partial charge < -0.3 is 10.6 Å². The minimum Gasteiger partial charge on any atom is -0.352 e. The molecule has 1 aliphatic heterocycles. The van der Waals surface area contributed by atoms with Crippen LogP contribution in [-0.4, -0.2) is 25.0 Å². The van der Waals surface area contributed by atoms with Crippen LogP contribution in [-0.2, 0) is 16.6 Å². The molecule has 0 bridgehead atoms. The molecule has 0 radical (unpaired) electrons. The lowest BCUT2D eigenvalue weighted by Crippen LogP contribution is -2.38. The summed E-state index contributed by atoms with van der Waals surface area (Å²) < 4.78 is 0. The average Bonchev–Trinajstić information content (AvgIpc) is 2.76. The molecule has 2 N–H and O–H groups in total. The molecule has 3 nitrogen and oxygen atoms in total. The van der Waals surface area contributed by atoms with Gasteiger partial charge in [-0.1, -0.05) is 24.3 Å². The van der Waals surface area contributed by atoms with Crippen molar-refractivity contribution in [2.45, 2.75) is 37.1 Å². The Morgan fingerprint density at radius 3 is 3.00 bits per heavy atom. The Balaban J connectivity index is 0.00000121. The van der Waals surface area contributed by atoms with Crippen LogP contribution in [0.15, 0.2) is 24.3 Å². The number of rotatable bonds is 2. The molecule has 1 amide bonds. The van der Waals surface area contributed by atoms with Crippen molar-refractivity contribution in [1.29, 1.82) is 0 Å². The molecule has 1 saturated carbocycles. The SMILES string of the molecule is Cl.O=C(NC1CCNC1)C1CC12CCc1ccccc12. The first-order chi connectivity index (χ1) is 9.29. The van der Waals surface area contributed by atoms with Crippen LogP contribution in [0.1, 0.15) is 30.4 Å². The molecule has 1 saturated heterocycles. The summed E-state index contributed by atoms with van der Waals surface area (Å²) in [6.45, 7) is 1.96. The van der Waals surface area contributed by atoms with Crippen LogP contribution in [0.4, 0.5) is 0 Å². The van der Waals surface area contributed by atoms with Gasteiger partial charge >= 0.3 is 0 Å². The van der Waals surface area contributed by atoms with Gasteiger partial charge in [0.05, 0.1) is 0 Å². The highest BCUT2D eigenvalue weighted by Gasteiger charge is 2.61. The first-order valence-electron chi connectivity index (χ1n) is 7.39. The first kappa shape index (κ1) is 13.9. The third kappa shape index (κ3) is 2.04. The number of carbonyl (C=O) groups excluding carboxylic acids is 1. The standard InChI is InChI=1S/C16H20N2O.ClH/c19-15(18-12-6-8-17-10-12)14-9-16(14)7-5-11-3-1-2-4-13(11)16;/h1-4,12,14,17H,5-10H2,(H,18,19);1H. The minimum absolute atomic E-state index is 0. The second-order valence-electron chi connectivity index (χ2n) is 6.27. The highest BCUT2D eigenvalue weighted by atomic mass is 35.5. The fourth-order valence-corrected chi connectivity index (χ4v) is 4.02. The fraction of sp³-hybridized carbons (Fsp3) is 0.562. The summed E-state index contributed by atoms with van der Waals surface area (Å²) >= 11 is 0. The highest BCUT2D eigenvalue weighted by molar-refractivity contribution is 5.85. The number of hydrogen-bond donors (Lipinski definition) is 2. The van der Waals surface area contributed by atoms with E-state index in [1.54, 1.807) is 0 Å². The Labute approximate surface area is 125 Å². The third-order valence-electron chi connectivity index (χ3n) is 5.19. The number of halogens is 1. The van der Waals surface area contributed by atoms with Gasteiger partial charge in [0.1, 0.15) is 0 Å². The molecule has 3 unspecified atom stereocenters. The number of aryl methyl sites for hydroxylation is 1. The van der Waals surface area contributed by atoms with Crippen molar-refractivity contribution in [2.24, 2.45) is 5.92 Å². The van der Waals surface area contributed by atoms with Crippen LogP contribution in [0, 0.1) is 5.92 Å². The number of hydrogen-bond acceptors (Lipinski definition) is 2. The molecule has 4 rings (SSSR count). The van der Waals surface area contributed by atoms with Gasteiger partial charge in [0.2, 0.25) is 5.91 Å². The van der Waals surface area contributed by atoms with Gasteiger partial charge in [-0.15, -0.1) is 12.4 Å². The second kappa shape index (κ2) is 5.05. The van der Waals surface area contributed by atoms with E-state index in [1.807, 2.05) is 0 Å². The van der Waals surface area contributed by atoms with Crippen LogP contribution in [0.3, 0.4) is 0 Å². The molecule has 3 atom stereocenters. The average molecular weight is 293 g/mol. The zero-order chi connectivity index (χ0) is 12.9. The number of nitrogens with one attached hydrogen (secondary N) is 2. The molecule has 1 heterocycles. The van der Waals surface area contributed by atoms with Crippen LogP contribution in [0.25, 0.3) is 0 Å². The van der Waals surface area contributed by atoms with Crippen molar-refractivity contribution >= 4 is 18.3 Å². The van der Waals surface area contributed by atoms with E-state index in [2.05, 4.69) is 34.9 Å². The van der Waals surface area contributed by atoms with E-state index in [1.165, 1.54) is 11.1 Å². The normalized spacial score (nSPS) is 33.6. The van der Waals surface area contributed by atoms with E-state index >= 15 is 0 Å². The maximum Gasteiger partial charge on any atom is 0.224 e. The summed E-state index contributed by atoms with van der Waals surface area (Å²) in [7, 11) is 0. The topological polar surface area (TPSA) is 41.1 Å². The van der Waals surface area contributed by atoms with Crippen molar-refractivity contribution in [3.63, 3.8) is 0 Å². The maximum atomic E-state index is 12.4. The molecule has 2 aliphatic carbocycles. The minimum atomic E-state index is 0. The smallest absolute Gasteiger partial charge is 0.224 e. The largest absolute Gasteiger partial charge is 0.352 e. The van der Waals surface area contributed by atoms with Crippen LogP contribution >= 0.6 is 12.4 Å². The third-order valence-corrected chi connectivity index (χ3v) is 5.19. The van der Waals surface area contributed by atoms with E-state index in [-0.39, 0.29) is 29.6 Å². The predicted molar refractivity (Wildman–Crippen MR) is 81.2 cm³/mol. The maximum absolute atomic E-state index is 12.4. The summed E-state index contributed by atoms with van der Waals surface area (Å²) in [5.41, 5.74) is 3.09. The molecule has 108 valence electrons. The lowest BCUT2D eigenvalue weighted by atomic mass is 9.95. The monoisotopic (exact) mass is 292 g/mol. The van der Waals surface area contributed by atoms with E-state index in [9.17, 15) is 4.79 Å². The lowest BCUT2D eigenvalue weighted by molar-refractivity contribution is -0.123. The lowest BCUT2D eigenvalue weighted by Gasteiger charge is -2.14. The molecule has 1 spiro atoms. The first-order valence-corrected chi connectivity index (χ1v) is 7.39. The van der Waals surface area contributed by atoms with Crippen molar-refractivity contribution in [3.8, 4) is 0 Å².